The largest absolute Gasteiger partial charge is 0.392 e. The van der Waals surface area contributed by atoms with Gasteiger partial charge in [0, 0.05) is 19.2 Å². The number of allylic oxidation sites excluding steroid dienone is 1. The topological polar surface area (TPSA) is 12.0 Å². The maximum absolute atomic E-state index is 4.11. The van der Waals surface area contributed by atoms with Crippen molar-refractivity contribution < 1.29 is 0 Å². The van der Waals surface area contributed by atoms with Gasteiger partial charge in [0.15, 0.2) is 0 Å². The van der Waals surface area contributed by atoms with Gasteiger partial charge in [-0.15, -0.1) is 0 Å². The molecule has 0 aromatic rings. The molecule has 0 atom stereocenters. The van der Waals surface area contributed by atoms with Crippen LogP contribution in [0.3, 0.4) is 0 Å². The molecule has 0 saturated carbocycles. The Balaban J connectivity index is 3.20. The van der Waals surface area contributed by atoms with Gasteiger partial charge in [-0.25, -0.2) is 0 Å². The lowest BCUT2D eigenvalue weighted by molar-refractivity contribution is 0.563. The Morgan fingerprint density at radius 3 is 1.83 bits per heavy atom. The fourth-order valence-electron chi connectivity index (χ4n) is 2.16. The maximum Gasteiger partial charge on any atom is 0.00727 e. The van der Waals surface area contributed by atoms with Gasteiger partial charge in [-0.05, 0) is 12.8 Å². The Kier molecular flexibility index (Phi) is 12.2. The predicted molar refractivity (Wildman–Crippen MR) is 83.8 cm³/mol. The van der Waals surface area contributed by atoms with E-state index in [4.69, 9.17) is 0 Å². The highest BCUT2D eigenvalue weighted by Crippen LogP contribution is 2.15. The molecule has 0 rings (SSSR count). The van der Waals surface area contributed by atoms with E-state index in [9.17, 15) is 0 Å². The lowest BCUT2D eigenvalue weighted by atomic mass is 10.0. The van der Waals surface area contributed by atoms with Crippen LogP contribution >= 0.6 is 0 Å². The Bertz CT molecular complexity index is 218. The molecule has 1 heteroatoms. The summed E-state index contributed by atoms with van der Waals surface area (Å²) in [6.45, 7) is 10.3. The van der Waals surface area contributed by atoms with Gasteiger partial charge >= 0.3 is 0 Å². The van der Waals surface area contributed by atoms with Crippen LogP contribution in [0.2, 0.25) is 0 Å². The van der Waals surface area contributed by atoms with E-state index in [1.54, 1.807) is 0 Å². The second-order valence-electron chi connectivity index (χ2n) is 5.36. The molecule has 18 heavy (non-hydrogen) atoms. The molecule has 0 aliphatic heterocycles. The van der Waals surface area contributed by atoms with Crippen LogP contribution < -0.4 is 5.32 Å². The molecule has 0 aromatic carbocycles. The summed E-state index contributed by atoms with van der Waals surface area (Å²) in [5.41, 5.74) is 2.40. The first-order chi connectivity index (χ1) is 8.70. The SMILES string of the molecule is C=C(CCCCCCCCCCC)CC(=C)NC. The van der Waals surface area contributed by atoms with Crippen molar-refractivity contribution in [3.05, 3.63) is 24.4 Å². The van der Waals surface area contributed by atoms with Crippen LogP contribution in [0.25, 0.3) is 0 Å². The summed E-state index contributed by atoms with van der Waals surface area (Å²) in [7, 11) is 1.92. The molecule has 106 valence electrons. The van der Waals surface area contributed by atoms with E-state index in [1.165, 1.54) is 63.4 Å². The summed E-state index contributed by atoms with van der Waals surface area (Å²) in [5.74, 6) is 0. The number of hydrogen-bond donors (Lipinski definition) is 1. The van der Waals surface area contributed by atoms with E-state index < -0.39 is 0 Å². The van der Waals surface area contributed by atoms with E-state index in [-0.39, 0.29) is 0 Å². The number of hydrogen-bond acceptors (Lipinski definition) is 1. The minimum atomic E-state index is 0.938. The van der Waals surface area contributed by atoms with Crippen molar-refractivity contribution in [3.8, 4) is 0 Å². The van der Waals surface area contributed by atoms with Gasteiger partial charge < -0.3 is 5.32 Å². The van der Waals surface area contributed by atoms with Crippen molar-refractivity contribution in [2.75, 3.05) is 7.05 Å². The van der Waals surface area contributed by atoms with Gasteiger partial charge in [0.05, 0.1) is 0 Å². The van der Waals surface area contributed by atoms with Gasteiger partial charge in [0.25, 0.3) is 0 Å². The summed E-state index contributed by atoms with van der Waals surface area (Å²) < 4.78 is 0. The standard InChI is InChI=1S/C17H33N/c1-5-6-7-8-9-10-11-12-13-14-16(2)15-17(3)18-4/h18H,2-3,5-15H2,1,4H3. The van der Waals surface area contributed by atoms with Crippen LogP contribution in [0.1, 0.15) is 77.6 Å². The summed E-state index contributed by atoms with van der Waals surface area (Å²) >= 11 is 0. The first-order valence-corrected chi connectivity index (χ1v) is 7.72. The van der Waals surface area contributed by atoms with Crippen LogP contribution in [0.5, 0.6) is 0 Å². The smallest absolute Gasteiger partial charge is 0.00727 e. The highest BCUT2D eigenvalue weighted by molar-refractivity contribution is 5.07. The Morgan fingerprint density at radius 2 is 1.33 bits per heavy atom. The Labute approximate surface area is 115 Å². The van der Waals surface area contributed by atoms with E-state index in [2.05, 4.69) is 25.4 Å². The second kappa shape index (κ2) is 12.7. The molecule has 0 fully saturated rings. The molecular weight excluding hydrogens is 218 g/mol. The number of rotatable bonds is 13. The molecule has 0 aliphatic rings. The first kappa shape index (κ1) is 17.3. The fraction of sp³-hybridized carbons (Fsp3) is 0.765. The fourth-order valence-corrected chi connectivity index (χ4v) is 2.16. The van der Waals surface area contributed by atoms with Crippen molar-refractivity contribution in [1.82, 2.24) is 5.32 Å². The molecule has 0 spiro atoms. The normalized spacial score (nSPS) is 10.3. The molecule has 1 nitrogen and oxygen atoms in total. The Morgan fingerprint density at radius 1 is 0.833 bits per heavy atom. The summed E-state index contributed by atoms with van der Waals surface area (Å²) in [5, 5.41) is 3.08. The van der Waals surface area contributed by atoms with Crippen LogP contribution in [-0.2, 0) is 0 Å². The average molecular weight is 251 g/mol. The van der Waals surface area contributed by atoms with Gasteiger partial charge in [0.1, 0.15) is 0 Å². The third-order valence-corrected chi connectivity index (χ3v) is 3.45. The zero-order valence-electron chi connectivity index (χ0n) is 12.7. The van der Waals surface area contributed by atoms with Gasteiger partial charge in [0.2, 0.25) is 0 Å². The van der Waals surface area contributed by atoms with Gasteiger partial charge in [-0.1, -0.05) is 77.0 Å². The molecular formula is C17H33N. The number of unbranched alkanes of at least 4 members (excludes halogenated alkanes) is 8. The molecule has 1 N–H and O–H groups in total. The molecule has 0 aliphatic carbocycles. The van der Waals surface area contributed by atoms with E-state index in [0.29, 0.717) is 0 Å². The monoisotopic (exact) mass is 251 g/mol. The minimum Gasteiger partial charge on any atom is -0.392 e. The van der Waals surface area contributed by atoms with Crippen LogP contribution in [0.15, 0.2) is 24.4 Å². The molecule has 0 bridgehead atoms. The third-order valence-electron chi connectivity index (χ3n) is 3.45. The van der Waals surface area contributed by atoms with Crippen LogP contribution in [0, 0.1) is 0 Å². The summed E-state index contributed by atoms with van der Waals surface area (Å²) in [6, 6.07) is 0. The van der Waals surface area contributed by atoms with E-state index in [0.717, 1.165) is 18.5 Å². The zero-order chi connectivity index (χ0) is 13.6. The van der Waals surface area contributed by atoms with Crippen LogP contribution in [-0.4, -0.2) is 7.05 Å². The minimum absolute atomic E-state index is 0.938. The zero-order valence-corrected chi connectivity index (χ0v) is 12.7. The lowest BCUT2D eigenvalue weighted by Gasteiger charge is -2.08. The molecule has 0 unspecified atom stereocenters. The lowest BCUT2D eigenvalue weighted by Crippen LogP contribution is -2.04. The highest BCUT2D eigenvalue weighted by Gasteiger charge is 1.97. The maximum atomic E-state index is 4.11. The van der Waals surface area contributed by atoms with Crippen molar-refractivity contribution in [2.24, 2.45) is 0 Å². The van der Waals surface area contributed by atoms with E-state index in [1.807, 2.05) is 7.05 Å². The summed E-state index contributed by atoms with van der Waals surface area (Å²) in [6.07, 6.45) is 14.6. The van der Waals surface area contributed by atoms with Gasteiger partial charge in [-0.3, -0.25) is 0 Å². The highest BCUT2D eigenvalue weighted by atomic mass is 14.8. The average Bonchev–Trinajstić information content (AvgIpc) is 2.36. The van der Waals surface area contributed by atoms with E-state index >= 15 is 0 Å². The predicted octanol–water partition coefficient (Wildman–Crippen LogP) is 5.59. The molecule has 0 radical (unpaired) electrons. The van der Waals surface area contributed by atoms with Crippen molar-refractivity contribution in [2.45, 2.75) is 77.6 Å². The summed E-state index contributed by atoms with van der Waals surface area (Å²) in [4.78, 5) is 0. The quantitative estimate of drug-likeness (QED) is 0.332. The molecule has 0 aromatic heterocycles. The van der Waals surface area contributed by atoms with Crippen molar-refractivity contribution in [3.63, 3.8) is 0 Å². The third kappa shape index (κ3) is 11.8. The Hall–Kier alpha value is -0.720. The van der Waals surface area contributed by atoms with Crippen molar-refractivity contribution >= 4 is 0 Å². The molecule has 0 heterocycles. The molecule has 0 saturated heterocycles. The van der Waals surface area contributed by atoms with Crippen LogP contribution in [0.4, 0.5) is 0 Å². The van der Waals surface area contributed by atoms with Gasteiger partial charge in [-0.2, -0.15) is 0 Å². The molecule has 0 amide bonds. The second-order valence-corrected chi connectivity index (χ2v) is 5.36. The first-order valence-electron chi connectivity index (χ1n) is 7.72. The number of nitrogens with one attached hydrogen (secondary N) is 1. The van der Waals surface area contributed by atoms with Crippen molar-refractivity contribution in [1.29, 1.82) is 0 Å².